The van der Waals surface area contributed by atoms with Crippen molar-refractivity contribution in [2.75, 3.05) is 31.2 Å². The number of benzene rings is 1. The highest BCUT2D eigenvalue weighted by atomic mass is 32.1. The summed E-state index contributed by atoms with van der Waals surface area (Å²) in [5.74, 6) is -0.00479. The third kappa shape index (κ3) is 4.12. The summed E-state index contributed by atoms with van der Waals surface area (Å²) in [6.07, 6.45) is 0.856. The first-order chi connectivity index (χ1) is 11.2. The molecule has 122 valence electrons. The fraction of sp³-hybridized carbons (Fsp3) is 0.389. The van der Waals surface area contributed by atoms with Crippen LogP contribution in [0.3, 0.4) is 0 Å². The Labute approximate surface area is 141 Å². The Hall–Kier alpha value is -1.85. The molecule has 1 saturated heterocycles. The fourth-order valence-corrected chi connectivity index (χ4v) is 3.54. The van der Waals surface area contributed by atoms with Gasteiger partial charge in [0.1, 0.15) is 0 Å². The van der Waals surface area contributed by atoms with E-state index in [-0.39, 0.29) is 11.9 Å². The highest BCUT2D eigenvalue weighted by molar-refractivity contribution is 7.07. The summed E-state index contributed by atoms with van der Waals surface area (Å²) in [7, 11) is 0. The van der Waals surface area contributed by atoms with Crippen LogP contribution in [-0.2, 0) is 11.2 Å². The molecule has 1 atom stereocenters. The maximum absolute atomic E-state index is 12.7. The molecule has 1 aliphatic rings. The Bertz CT molecular complexity index is 636. The van der Waals surface area contributed by atoms with E-state index in [0.717, 1.165) is 30.8 Å². The number of anilines is 1. The van der Waals surface area contributed by atoms with E-state index in [1.807, 2.05) is 31.2 Å². The van der Waals surface area contributed by atoms with Gasteiger partial charge in [-0.1, -0.05) is 12.1 Å². The molecular weight excluding hydrogens is 308 g/mol. The minimum Gasteiger partial charge on any atom is -0.378 e. The second kappa shape index (κ2) is 7.62. The molecule has 5 heteroatoms. The first kappa shape index (κ1) is 16.0. The van der Waals surface area contributed by atoms with Crippen molar-refractivity contribution in [2.45, 2.75) is 19.4 Å². The zero-order chi connectivity index (χ0) is 16.1. The summed E-state index contributed by atoms with van der Waals surface area (Å²) in [5, 5.41) is 7.32. The zero-order valence-corrected chi connectivity index (χ0v) is 14.1. The summed E-state index contributed by atoms with van der Waals surface area (Å²) < 4.78 is 5.40. The average Bonchev–Trinajstić information content (AvgIpc) is 3.08. The SMILES string of the molecule is CC(Cc1ccsc1)NC(=O)c1ccccc1N1CCOCC1. The number of nitrogens with zero attached hydrogens (tertiary/aromatic N) is 1. The highest BCUT2D eigenvalue weighted by Gasteiger charge is 2.19. The minimum absolute atomic E-state index is 0.00479. The van der Waals surface area contributed by atoms with Crippen LogP contribution in [0, 0.1) is 0 Å². The maximum atomic E-state index is 12.7. The van der Waals surface area contributed by atoms with Gasteiger partial charge >= 0.3 is 0 Å². The summed E-state index contributed by atoms with van der Waals surface area (Å²) in [6.45, 7) is 5.13. The van der Waals surface area contributed by atoms with Gasteiger partial charge in [-0.15, -0.1) is 0 Å². The van der Waals surface area contributed by atoms with E-state index in [1.165, 1.54) is 5.56 Å². The number of rotatable bonds is 5. The summed E-state index contributed by atoms with van der Waals surface area (Å²) in [4.78, 5) is 14.9. The molecule has 0 radical (unpaired) electrons. The molecule has 0 aliphatic carbocycles. The second-order valence-electron chi connectivity index (χ2n) is 5.83. The van der Waals surface area contributed by atoms with Gasteiger partial charge in [-0.2, -0.15) is 11.3 Å². The molecule has 2 aromatic rings. The standard InChI is InChI=1S/C18H22N2O2S/c1-14(12-15-6-11-23-13-15)19-18(21)16-4-2-3-5-17(16)20-7-9-22-10-8-20/h2-6,11,13-14H,7-10,12H2,1H3,(H,19,21). The predicted molar refractivity (Wildman–Crippen MR) is 94.4 cm³/mol. The molecule has 0 bridgehead atoms. The van der Waals surface area contributed by atoms with Crippen LogP contribution >= 0.6 is 11.3 Å². The van der Waals surface area contributed by atoms with E-state index in [4.69, 9.17) is 4.74 Å². The van der Waals surface area contributed by atoms with Crippen molar-refractivity contribution in [2.24, 2.45) is 0 Å². The van der Waals surface area contributed by atoms with Gasteiger partial charge in [0.15, 0.2) is 0 Å². The number of ether oxygens (including phenoxy) is 1. The molecule has 1 amide bonds. The second-order valence-corrected chi connectivity index (χ2v) is 6.61. The van der Waals surface area contributed by atoms with Crippen LogP contribution in [0.25, 0.3) is 0 Å². The Morgan fingerprint density at radius 1 is 1.30 bits per heavy atom. The van der Waals surface area contributed by atoms with E-state index < -0.39 is 0 Å². The van der Waals surface area contributed by atoms with Crippen molar-refractivity contribution in [3.8, 4) is 0 Å². The topological polar surface area (TPSA) is 41.6 Å². The third-order valence-corrected chi connectivity index (χ3v) is 4.73. The molecule has 1 unspecified atom stereocenters. The number of hydrogen-bond acceptors (Lipinski definition) is 4. The van der Waals surface area contributed by atoms with E-state index in [0.29, 0.717) is 13.2 Å². The monoisotopic (exact) mass is 330 g/mol. The van der Waals surface area contributed by atoms with Crippen molar-refractivity contribution >= 4 is 22.9 Å². The van der Waals surface area contributed by atoms with Crippen molar-refractivity contribution in [1.29, 1.82) is 0 Å². The smallest absolute Gasteiger partial charge is 0.253 e. The number of thiophene rings is 1. The van der Waals surface area contributed by atoms with Gasteiger partial charge in [-0.05, 0) is 47.9 Å². The summed E-state index contributed by atoms with van der Waals surface area (Å²) in [5.41, 5.74) is 3.01. The van der Waals surface area contributed by atoms with Gasteiger partial charge in [-0.25, -0.2) is 0 Å². The molecule has 1 aliphatic heterocycles. The maximum Gasteiger partial charge on any atom is 0.253 e. The third-order valence-electron chi connectivity index (χ3n) is 4.00. The van der Waals surface area contributed by atoms with Crippen LogP contribution in [0.4, 0.5) is 5.69 Å². The molecular formula is C18H22N2O2S. The lowest BCUT2D eigenvalue weighted by molar-refractivity contribution is 0.0938. The fourth-order valence-electron chi connectivity index (χ4n) is 2.86. The molecule has 1 aromatic heterocycles. The van der Waals surface area contributed by atoms with Gasteiger partial charge < -0.3 is 15.0 Å². The molecule has 0 saturated carbocycles. The average molecular weight is 330 g/mol. The van der Waals surface area contributed by atoms with Gasteiger partial charge in [0.2, 0.25) is 0 Å². The van der Waals surface area contributed by atoms with Crippen LogP contribution in [-0.4, -0.2) is 38.3 Å². The normalized spacial score (nSPS) is 16.1. The minimum atomic E-state index is -0.00479. The Balaban J connectivity index is 1.69. The largest absolute Gasteiger partial charge is 0.378 e. The molecule has 1 fully saturated rings. The molecule has 0 spiro atoms. The molecule has 1 aromatic carbocycles. The number of para-hydroxylation sites is 1. The van der Waals surface area contributed by atoms with Gasteiger partial charge in [-0.3, -0.25) is 4.79 Å². The summed E-state index contributed by atoms with van der Waals surface area (Å²) in [6, 6.07) is 10.0. The van der Waals surface area contributed by atoms with E-state index in [2.05, 4.69) is 27.0 Å². The number of amides is 1. The van der Waals surface area contributed by atoms with Crippen LogP contribution in [0.2, 0.25) is 0 Å². The van der Waals surface area contributed by atoms with Crippen molar-refractivity contribution in [1.82, 2.24) is 5.32 Å². The summed E-state index contributed by atoms with van der Waals surface area (Å²) >= 11 is 1.69. The Morgan fingerprint density at radius 3 is 2.83 bits per heavy atom. The van der Waals surface area contributed by atoms with Gasteiger partial charge in [0.25, 0.3) is 5.91 Å². The van der Waals surface area contributed by atoms with E-state index >= 15 is 0 Å². The van der Waals surface area contributed by atoms with Crippen molar-refractivity contribution < 1.29 is 9.53 Å². The molecule has 4 nitrogen and oxygen atoms in total. The lowest BCUT2D eigenvalue weighted by atomic mass is 10.1. The number of morpholine rings is 1. The first-order valence-electron chi connectivity index (χ1n) is 7.97. The molecule has 23 heavy (non-hydrogen) atoms. The molecule has 2 heterocycles. The van der Waals surface area contributed by atoms with E-state index in [1.54, 1.807) is 11.3 Å². The lowest BCUT2D eigenvalue weighted by Crippen LogP contribution is -2.39. The number of nitrogens with one attached hydrogen (secondary N) is 1. The number of carbonyl (C=O) groups excluding carboxylic acids is 1. The zero-order valence-electron chi connectivity index (χ0n) is 13.3. The highest BCUT2D eigenvalue weighted by Crippen LogP contribution is 2.21. The quantitative estimate of drug-likeness (QED) is 0.916. The van der Waals surface area contributed by atoms with Crippen molar-refractivity contribution in [3.05, 3.63) is 52.2 Å². The Kier molecular flexibility index (Phi) is 5.31. The van der Waals surface area contributed by atoms with Gasteiger partial charge in [0, 0.05) is 24.8 Å². The molecule has 3 rings (SSSR count). The Morgan fingerprint density at radius 2 is 2.09 bits per heavy atom. The van der Waals surface area contributed by atoms with Crippen LogP contribution in [0.5, 0.6) is 0 Å². The first-order valence-corrected chi connectivity index (χ1v) is 8.92. The van der Waals surface area contributed by atoms with Crippen LogP contribution in [0.1, 0.15) is 22.8 Å². The number of carbonyl (C=O) groups is 1. The lowest BCUT2D eigenvalue weighted by Gasteiger charge is -2.30. The van der Waals surface area contributed by atoms with Crippen LogP contribution in [0.15, 0.2) is 41.1 Å². The molecule has 1 N–H and O–H groups in total. The van der Waals surface area contributed by atoms with E-state index in [9.17, 15) is 4.79 Å². The van der Waals surface area contributed by atoms with Gasteiger partial charge in [0.05, 0.1) is 18.8 Å². The van der Waals surface area contributed by atoms with Crippen molar-refractivity contribution in [3.63, 3.8) is 0 Å². The predicted octanol–water partition coefficient (Wildman–Crippen LogP) is 2.95. The number of hydrogen-bond donors (Lipinski definition) is 1. The van der Waals surface area contributed by atoms with Crippen LogP contribution < -0.4 is 10.2 Å².